The number of benzene rings is 4. The quantitative estimate of drug-likeness (QED) is 0.124. The number of thioether (sulfide) groups is 1. The molecule has 4 rings (SSSR count). The van der Waals surface area contributed by atoms with Crippen LogP contribution in [0.15, 0.2) is 125 Å². The summed E-state index contributed by atoms with van der Waals surface area (Å²) in [6.45, 7) is 0.159. The predicted molar refractivity (Wildman–Crippen MR) is 151 cm³/mol. The van der Waals surface area contributed by atoms with E-state index in [0.29, 0.717) is 6.42 Å². The second-order valence-electron chi connectivity index (χ2n) is 7.90. The Labute approximate surface area is 234 Å². The van der Waals surface area contributed by atoms with Crippen molar-refractivity contribution in [1.82, 2.24) is 0 Å². The third kappa shape index (κ3) is 9.39. The van der Waals surface area contributed by atoms with Crippen LogP contribution < -0.4 is 8.92 Å². The molecule has 4 nitrogen and oxygen atoms in total. The molecule has 0 unspecified atom stereocenters. The molecule has 0 heterocycles. The molecule has 39 heavy (non-hydrogen) atoms. The predicted octanol–water partition coefficient (Wildman–Crippen LogP) is 5.25. The zero-order valence-corrected chi connectivity index (χ0v) is 23.8. The van der Waals surface area contributed by atoms with Crippen molar-refractivity contribution in [3.05, 3.63) is 131 Å². The molecule has 1 N–H and O–H groups in total. The summed E-state index contributed by atoms with van der Waals surface area (Å²) in [5, 5.41) is 9.52. The summed E-state index contributed by atoms with van der Waals surface area (Å²) in [6.07, 6.45) is 0.669. The van der Waals surface area contributed by atoms with Gasteiger partial charge in [0.15, 0.2) is 10.1 Å². The summed E-state index contributed by atoms with van der Waals surface area (Å²) in [5.74, 6) is 0. The molecule has 0 spiro atoms. The van der Waals surface area contributed by atoms with Crippen LogP contribution >= 0.6 is 11.8 Å². The van der Waals surface area contributed by atoms with Gasteiger partial charge in [0.25, 0.3) is 0 Å². The Morgan fingerprint density at radius 3 is 1.69 bits per heavy atom. The maximum absolute atomic E-state index is 10.7. The number of alkyl halides is 3. The van der Waals surface area contributed by atoms with Gasteiger partial charge in [-0.15, -0.1) is 0 Å². The molecule has 4 aromatic carbocycles. The molecule has 0 atom stereocenters. The SMILES string of the molecule is O=S(=O)([O-])C(F)(F)F.OCCc1ccccc1S/C(=C\[Se+](c1ccccc1)c1ccccc1)c1ccccc1. The van der Waals surface area contributed by atoms with Crippen molar-refractivity contribution in [3.8, 4) is 0 Å². The fraction of sp³-hybridized carbons (Fsp3) is 0.103. The summed E-state index contributed by atoms with van der Waals surface area (Å²) in [5.41, 5.74) is -3.23. The number of aliphatic hydroxyl groups excluding tert-OH is 1. The van der Waals surface area contributed by atoms with Gasteiger partial charge in [-0.1, -0.05) is 0 Å². The zero-order valence-electron chi connectivity index (χ0n) is 20.5. The van der Waals surface area contributed by atoms with Gasteiger partial charge >= 0.3 is 199 Å². The monoisotopic (exact) mass is 638 g/mol. The molecule has 0 aliphatic heterocycles. The minimum atomic E-state index is -6.09. The van der Waals surface area contributed by atoms with Crippen molar-refractivity contribution in [2.45, 2.75) is 16.8 Å². The molecule has 0 fully saturated rings. The summed E-state index contributed by atoms with van der Waals surface area (Å²) in [6, 6.07) is 40.7. The van der Waals surface area contributed by atoms with E-state index in [0.717, 1.165) is 0 Å². The molecular formula is C29H25F3O4S2Se. The molecular weight excluding hydrogens is 612 g/mol. The Bertz CT molecular complexity index is 1410. The molecule has 0 bridgehead atoms. The van der Waals surface area contributed by atoms with Crippen LogP contribution in [0.1, 0.15) is 11.1 Å². The molecule has 10 heteroatoms. The van der Waals surface area contributed by atoms with Crippen molar-refractivity contribution in [1.29, 1.82) is 0 Å². The van der Waals surface area contributed by atoms with Crippen LogP contribution in [-0.4, -0.2) is 44.1 Å². The second-order valence-corrected chi connectivity index (χ2v) is 14.2. The van der Waals surface area contributed by atoms with Crippen molar-refractivity contribution >= 4 is 49.6 Å². The van der Waals surface area contributed by atoms with Crippen LogP contribution in [0.25, 0.3) is 4.91 Å². The van der Waals surface area contributed by atoms with E-state index in [1.807, 2.05) is 17.8 Å². The van der Waals surface area contributed by atoms with Crippen LogP contribution in [0.5, 0.6) is 0 Å². The van der Waals surface area contributed by atoms with Gasteiger partial charge in [0.2, 0.25) is 0 Å². The van der Waals surface area contributed by atoms with Gasteiger partial charge in [-0.3, -0.25) is 0 Å². The molecule has 0 aliphatic carbocycles. The first-order valence-corrected chi connectivity index (χ1v) is 16.5. The zero-order chi connectivity index (χ0) is 28.3. The van der Waals surface area contributed by atoms with E-state index >= 15 is 0 Å². The van der Waals surface area contributed by atoms with Crippen molar-refractivity contribution in [2.75, 3.05) is 6.61 Å². The summed E-state index contributed by atoms with van der Waals surface area (Å²) < 4.78 is 61.7. The Hall–Kier alpha value is -2.85. The molecule has 4 aromatic rings. The van der Waals surface area contributed by atoms with E-state index in [4.69, 9.17) is 13.0 Å². The van der Waals surface area contributed by atoms with Crippen LogP contribution in [0.3, 0.4) is 0 Å². The van der Waals surface area contributed by atoms with Gasteiger partial charge in [0, 0.05) is 0 Å². The molecule has 204 valence electrons. The van der Waals surface area contributed by atoms with Gasteiger partial charge < -0.3 is 4.55 Å². The minimum absolute atomic E-state index is 0.159. The fourth-order valence-electron chi connectivity index (χ4n) is 3.32. The second kappa shape index (κ2) is 14.5. The van der Waals surface area contributed by atoms with Gasteiger partial charge in [-0.25, -0.2) is 8.42 Å². The molecule has 0 aromatic heterocycles. The maximum atomic E-state index is 10.7. The third-order valence-electron chi connectivity index (χ3n) is 5.13. The summed E-state index contributed by atoms with van der Waals surface area (Å²) >= 11 is 0.397. The van der Waals surface area contributed by atoms with Crippen molar-refractivity contribution in [3.63, 3.8) is 0 Å². The molecule has 0 saturated carbocycles. The average molecular weight is 638 g/mol. The number of aliphatic hydroxyl groups is 1. The standard InChI is InChI=1S/C28H25OSSe.CHF3O3S/c29-21-20-24-14-10-11-19-27(24)30-28(23-12-4-1-5-13-23)22-31(25-15-6-2-7-16-25)26-17-8-3-9-18-26;2-1(3,4)8(5,6)7/h1-19,22,29H,20-21H2;(H,5,6,7)/q+1;/p-1/b28-22-;. The van der Waals surface area contributed by atoms with E-state index in [9.17, 15) is 18.3 Å². The number of rotatable bonds is 8. The van der Waals surface area contributed by atoms with Crippen LogP contribution in [0, 0.1) is 0 Å². The summed E-state index contributed by atoms with van der Waals surface area (Å²) in [4.78, 5) is 4.97. The van der Waals surface area contributed by atoms with E-state index in [1.165, 1.54) is 29.9 Å². The number of hydrogen-bond acceptors (Lipinski definition) is 5. The van der Waals surface area contributed by atoms with Crippen LogP contribution in [0.4, 0.5) is 13.2 Å². The molecule has 0 aliphatic rings. The van der Waals surface area contributed by atoms with E-state index in [2.05, 4.69) is 114 Å². The molecule has 0 amide bonds. The fourth-order valence-corrected chi connectivity index (χ4v) is 8.87. The Balaban J connectivity index is 0.000000459. The third-order valence-corrected chi connectivity index (χ3v) is 11.5. The topological polar surface area (TPSA) is 77.4 Å². The number of hydrogen-bond donors (Lipinski definition) is 1. The van der Waals surface area contributed by atoms with Crippen LogP contribution in [0.2, 0.25) is 0 Å². The Morgan fingerprint density at radius 2 is 1.23 bits per heavy atom. The van der Waals surface area contributed by atoms with E-state index in [1.54, 1.807) is 0 Å². The van der Waals surface area contributed by atoms with Gasteiger partial charge in [0.1, 0.15) is 0 Å². The van der Waals surface area contributed by atoms with Gasteiger partial charge in [0.05, 0.1) is 0 Å². The van der Waals surface area contributed by atoms with Crippen LogP contribution in [-0.2, 0) is 16.5 Å². The Morgan fingerprint density at radius 1 is 0.795 bits per heavy atom. The Kier molecular flexibility index (Phi) is 11.4. The van der Waals surface area contributed by atoms with Crippen molar-refractivity contribution < 1.29 is 31.2 Å². The normalized spacial score (nSPS) is 12.1. The first kappa shape index (κ1) is 30.7. The van der Waals surface area contributed by atoms with Crippen molar-refractivity contribution in [2.24, 2.45) is 0 Å². The van der Waals surface area contributed by atoms with Gasteiger partial charge in [-0.2, -0.15) is 13.2 Å². The number of halogens is 3. The molecule has 0 saturated heterocycles. The summed E-state index contributed by atoms with van der Waals surface area (Å²) in [7, 11) is -6.09. The van der Waals surface area contributed by atoms with E-state index < -0.39 is 29.5 Å². The first-order chi connectivity index (χ1) is 18.6. The first-order valence-electron chi connectivity index (χ1n) is 11.6. The average Bonchev–Trinajstić information content (AvgIpc) is 2.93. The van der Waals surface area contributed by atoms with Gasteiger partial charge in [-0.05, 0) is 0 Å². The van der Waals surface area contributed by atoms with E-state index in [-0.39, 0.29) is 6.61 Å². The molecule has 0 radical (unpaired) electrons.